The summed E-state index contributed by atoms with van der Waals surface area (Å²) in [4.78, 5) is 25.5. The van der Waals surface area contributed by atoms with Crippen LogP contribution in [0.15, 0.2) is 153 Å². The van der Waals surface area contributed by atoms with Gasteiger partial charge in [0.15, 0.2) is 38.4 Å². The fourth-order valence-electron chi connectivity index (χ4n) is 8.88. The zero-order valence-corrected chi connectivity index (χ0v) is 55.0. The Balaban J connectivity index is -0.000000359. The van der Waals surface area contributed by atoms with Gasteiger partial charge >= 0.3 is 11.9 Å². The molecule has 2 fully saturated rings. The maximum atomic E-state index is 13.6. The van der Waals surface area contributed by atoms with Crippen molar-refractivity contribution in [1.29, 1.82) is 0 Å². The number of carbonyl (C=O) groups excluding carboxylic acids is 2. The van der Waals surface area contributed by atoms with Crippen LogP contribution in [-0.2, 0) is 44.8 Å². The van der Waals surface area contributed by atoms with Gasteiger partial charge in [-0.2, -0.15) is 8.78 Å². The molecule has 1 aliphatic heterocycles. The monoisotopic (exact) mass is 1390 g/mol. The second-order valence-electron chi connectivity index (χ2n) is 23.4. The maximum absolute atomic E-state index is 13.6. The van der Waals surface area contributed by atoms with E-state index in [1.807, 2.05) is 32.9 Å². The van der Waals surface area contributed by atoms with Crippen molar-refractivity contribution in [2.24, 2.45) is 10.8 Å². The van der Waals surface area contributed by atoms with Gasteiger partial charge in [0.2, 0.25) is 11.6 Å². The van der Waals surface area contributed by atoms with Crippen LogP contribution in [0.4, 0.5) is 17.6 Å². The number of rotatable bonds is 20. The van der Waals surface area contributed by atoms with Crippen molar-refractivity contribution in [3.8, 4) is 17.2 Å². The van der Waals surface area contributed by atoms with Crippen molar-refractivity contribution in [3.05, 3.63) is 173 Å². The Morgan fingerprint density at radius 1 is 0.604 bits per heavy atom. The first-order valence-electron chi connectivity index (χ1n) is 30.6. The fourth-order valence-corrected chi connectivity index (χ4v) is 11.6. The highest BCUT2D eigenvalue weighted by Crippen LogP contribution is 2.39. The van der Waals surface area contributed by atoms with Gasteiger partial charge in [0.05, 0.1) is 28.3 Å². The second kappa shape index (κ2) is 47.5. The molecule has 6 aromatic rings. The molecule has 96 heavy (non-hydrogen) atoms. The minimum atomic E-state index is -5.79. The Kier molecular flexibility index (Phi) is 48.7. The number of ether oxygens (including phenoxy) is 5. The molecule has 2 aliphatic rings. The molecule has 1 N–H and O–H groups in total. The van der Waals surface area contributed by atoms with Gasteiger partial charge in [-0.3, -0.25) is 9.59 Å². The highest BCUT2D eigenvalue weighted by molar-refractivity contribution is 7.97. The number of hydrogen-bond donors (Lipinski definition) is 1. The molecular weight excluding hydrogens is 1260 g/mol. The number of benzene rings is 6. The van der Waals surface area contributed by atoms with Gasteiger partial charge in [-0.1, -0.05) is 186 Å². The number of esters is 2. The number of phenols is 1. The topological polar surface area (TPSA) is 158 Å². The van der Waals surface area contributed by atoms with Gasteiger partial charge in [-0.05, 0) is 189 Å². The number of halogens is 4. The molecule has 0 amide bonds. The highest BCUT2D eigenvalue weighted by atomic mass is 32.2. The van der Waals surface area contributed by atoms with Crippen molar-refractivity contribution in [2.45, 2.75) is 263 Å². The summed E-state index contributed by atoms with van der Waals surface area (Å²) in [7, 11) is -5.81. The van der Waals surface area contributed by atoms with Crippen molar-refractivity contribution in [1.82, 2.24) is 0 Å². The van der Waals surface area contributed by atoms with E-state index in [9.17, 15) is 40.1 Å². The number of aromatic hydroxyl groups is 1. The van der Waals surface area contributed by atoms with E-state index < -0.39 is 68.6 Å². The fraction of sp³-hybridized carbons (Fsp3) is 0.519. The minimum Gasteiger partial charge on any atom is -0.744 e. The lowest BCUT2D eigenvalue weighted by Crippen LogP contribution is -2.37. The van der Waals surface area contributed by atoms with Crippen molar-refractivity contribution >= 4 is 33.0 Å². The molecule has 3 unspecified atom stereocenters. The molecule has 0 spiro atoms. The molecule has 1 heterocycles. The predicted octanol–water partition coefficient (Wildman–Crippen LogP) is 23.4. The standard InChI is InChI=1S/C19H17S.C15H22O2.C14H16F4O6S.C13H24O2.C10H14O.8CH4/c1-16-12-14-19(15-13-16)20(17-8-4-2-5-9-17)18-10-6-3-7-11-18;1-3-12(2)13-7-9-14(10-8-13)17-15-6-4-5-11-16-15;1-4-14(2,3)13(19)24-6-5-23-11-7(15)9(17)12(25(20,21)22)10(18)8(11)16;1-5-12(3,4)11(14)15-13(6-2)9-7-8-10-13;1-3-8(2)9-4-6-10(11)7-5-9;;;;;;;;/h2-15H,1H3;7-10,12,15H,3-6,11H2,1-2H3;4-6H2,1-3H3,(H,20,21,22);5-10H2,1-4H3;4-8,11H,3H2,1-2H3;8*1H4/q+1;;;;;;;;;;;;/p-1. The predicted molar refractivity (Wildman–Crippen MR) is 393 cm³/mol. The van der Waals surface area contributed by atoms with E-state index in [0.717, 1.165) is 57.3 Å². The molecular formula is C79H124F4O11S2. The van der Waals surface area contributed by atoms with Gasteiger partial charge in [-0.15, -0.1) is 0 Å². The summed E-state index contributed by atoms with van der Waals surface area (Å²) in [6.45, 7) is 23.7. The lowest BCUT2D eigenvalue weighted by Gasteiger charge is -2.32. The van der Waals surface area contributed by atoms with E-state index in [0.29, 0.717) is 24.0 Å². The number of phenolic OH excluding ortho intramolecular Hbond substituents is 1. The summed E-state index contributed by atoms with van der Waals surface area (Å²) >= 11 is 0. The van der Waals surface area contributed by atoms with Crippen LogP contribution in [0.2, 0.25) is 0 Å². The molecule has 1 saturated heterocycles. The third-order valence-electron chi connectivity index (χ3n) is 16.1. The van der Waals surface area contributed by atoms with Crippen LogP contribution in [0.3, 0.4) is 0 Å². The summed E-state index contributed by atoms with van der Waals surface area (Å²) in [5, 5.41) is 9.01. The molecule has 546 valence electrons. The van der Waals surface area contributed by atoms with E-state index in [-0.39, 0.29) is 93.6 Å². The summed E-state index contributed by atoms with van der Waals surface area (Å²) in [5.74, 6) is -8.89. The van der Waals surface area contributed by atoms with E-state index in [1.54, 1.807) is 32.9 Å². The maximum Gasteiger partial charge on any atom is 0.312 e. The summed E-state index contributed by atoms with van der Waals surface area (Å²) < 4.78 is 113. The molecule has 3 atom stereocenters. The Hall–Kier alpha value is -6.40. The molecule has 17 heteroatoms. The van der Waals surface area contributed by atoms with Gasteiger partial charge in [0, 0.05) is 6.42 Å². The van der Waals surface area contributed by atoms with Gasteiger partial charge < -0.3 is 33.3 Å². The minimum absolute atomic E-state index is 0. The summed E-state index contributed by atoms with van der Waals surface area (Å²) in [5.41, 5.74) is 2.71. The SMILES string of the molecule is C.C.C.C.C.C.C.C.CCC(C)(C)C(=O)OCCOc1c(F)c(F)c(S(=O)(=O)[O-])c(F)c1F.CCC(C)c1ccc(O)cc1.CCC(C)c1ccc(OC2CCCCO2)cc1.CCC1(OC(=O)C(C)(C)CC)CCCC1.Cc1ccc([S+](c2ccccc2)c2ccccc2)cc1. The normalized spacial score (nSPS) is 14.0. The summed E-state index contributed by atoms with van der Waals surface area (Å²) in [6, 6.07) is 46.2. The van der Waals surface area contributed by atoms with Crippen LogP contribution < -0.4 is 9.47 Å². The van der Waals surface area contributed by atoms with Crippen LogP contribution >= 0.6 is 0 Å². The van der Waals surface area contributed by atoms with Crippen LogP contribution in [0.25, 0.3) is 0 Å². The van der Waals surface area contributed by atoms with E-state index in [1.165, 1.54) is 57.1 Å². The summed E-state index contributed by atoms with van der Waals surface area (Å²) in [6.07, 6.45) is 12.4. The average molecular weight is 1390 g/mol. The first-order chi connectivity index (χ1) is 41.7. The van der Waals surface area contributed by atoms with Crippen LogP contribution in [0.5, 0.6) is 17.2 Å². The lowest BCUT2D eigenvalue weighted by atomic mass is 9.89. The molecule has 0 aromatic heterocycles. The molecule has 8 rings (SSSR count). The number of aryl methyl sites for hydroxylation is 1. The molecule has 11 nitrogen and oxygen atoms in total. The first-order valence-corrected chi connectivity index (χ1v) is 33.2. The van der Waals surface area contributed by atoms with E-state index >= 15 is 0 Å². The van der Waals surface area contributed by atoms with Crippen molar-refractivity contribution in [2.75, 3.05) is 19.8 Å². The Labute approximate surface area is 583 Å². The van der Waals surface area contributed by atoms with Crippen LogP contribution in [-0.4, -0.2) is 61.7 Å². The van der Waals surface area contributed by atoms with Gasteiger partial charge in [0.25, 0.3) is 0 Å². The first kappa shape index (κ1) is 98.3. The molecule has 0 radical (unpaired) electrons. The number of carbonyl (C=O) groups is 2. The number of hydrogen-bond acceptors (Lipinski definition) is 11. The quantitative estimate of drug-likeness (QED) is 0.0194. The van der Waals surface area contributed by atoms with Crippen molar-refractivity contribution in [3.63, 3.8) is 0 Å². The smallest absolute Gasteiger partial charge is 0.312 e. The van der Waals surface area contributed by atoms with Crippen molar-refractivity contribution < 1.29 is 68.9 Å². The third kappa shape index (κ3) is 30.2. The Morgan fingerprint density at radius 3 is 1.43 bits per heavy atom. The lowest BCUT2D eigenvalue weighted by molar-refractivity contribution is -0.170. The van der Waals surface area contributed by atoms with Crippen LogP contribution in [0.1, 0.15) is 241 Å². The molecule has 6 aromatic carbocycles. The highest BCUT2D eigenvalue weighted by Gasteiger charge is 2.40. The average Bonchev–Trinajstić information content (AvgIpc) is 0.902. The zero-order chi connectivity index (χ0) is 65.2. The van der Waals surface area contributed by atoms with E-state index in [4.69, 9.17) is 24.1 Å². The Bertz CT molecular complexity index is 3090. The third-order valence-corrected chi connectivity index (χ3v) is 19.2. The largest absolute Gasteiger partial charge is 0.744 e. The zero-order valence-electron chi connectivity index (χ0n) is 53.4. The molecule has 1 aliphatic carbocycles. The molecule has 1 saturated carbocycles. The van der Waals surface area contributed by atoms with E-state index in [2.05, 4.69) is 155 Å². The Morgan fingerprint density at radius 2 is 1.03 bits per heavy atom. The van der Waals surface area contributed by atoms with Gasteiger partial charge in [0.1, 0.15) is 45.3 Å². The second-order valence-corrected chi connectivity index (χ2v) is 26.7. The van der Waals surface area contributed by atoms with Crippen LogP contribution in [0, 0.1) is 41.0 Å². The van der Waals surface area contributed by atoms with Gasteiger partial charge in [-0.25, -0.2) is 17.2 Å². The molecule has 0 bridgehead atoms.